The normalized spacial score (nSPS) is 11.4. The van der Waals surface area contributed by atoms with Gasteiger partial charge in [0.1, 0.15) is 0 Å². The van der Waals surface area contributed by atoms with Crippen molar-refractivity contribution in [3.05, 3.63) is 518 Å². The second kappa shape index (κ2) is 34.4. The van der Waals surface area contributed by atoms with Crippen molar-refractivity contribution in [2.45, 2.75) is 0 Å². The van der Waals surface area contributed by atoms with Crippen LogP contribution < -0.4 is 0 Å². The summed E-state index contributed by atoms with van der Waals surface area (Å²) in [5.74, 6) is 6.97. The van der Waals surface area contributed by atoms with Crippen LogP contribution in [0.15, 0.2) is 504 Å². The summed E-state index contributed by atoms with van der Waals surface area (Å²) in [6, 6.07) is 185. The first-order valence-corrected chi connectivity index (χ1v) is 46.8. The third-order valence-electron chi connectivity index (χ3n) is 27.0. The fourth-order valence-electron chi connectivity index (χ4n) is 20.8. The van der Waals surface area contributed by atoms with Gasteiger partial charge in [-0.1, -0.05) is 443 Å². The van der Waals surface area contributed by atoms with Crippen molar-refractivity contribution in [1.82, 2.24) is 0 Å². The van der Waals surface area contributed by atoms with Gasteiger partial charge < -0.3 is 0 Å². The molecule has 0 aliphatic carbocycles. The molecule has 0 bridgehead atoms. The molecule has 0 aliphatic heterocycles. The summed E-state index contributed by atoms with van der Waals surface area (Å²) >= 11 is 2.61. The van der Waals surface area contributed by atoms with Gasteiger partial charge in [-0.15, -0.1) is 0 Å². The molecule has 0 saturated carbocycles. The summed E-state index contributed by atoms with van der Waals surface area (Å²) in [4.78, 5) is 0. The van der Waals surface area contributed by atoms with Gasteiger partial charge in [-0.2, -0.15) is 0 Å². The molecule has 0 fully saturated rings. The van der Waals surface area contributed by atoms with Crippen LogP contribution in [0.2, 0.25) is 0 Å². The number of hydrogen-bond donors (Lipinski definition) is 0. The van der Waals surface area contributed by atoms with Crippen molar-refractivity contribution in [2.75, 3.05) is 0 Å². The lowest BCUT2D eigenvalue weighted by atomic mass is 9.81. The molecule has 0 saturated heterocycles. The third kappa shape index (κ3) is 14.7. The molecular formula is C132H83I. The van der Waals surface area contributed by atoms with E-state index in [4.69, 9.17) is 0 Å². The van der Waals surface area contributed by atoms with Crippen LogP contribution in [0.4, 0.5) is 0 Å². The molecule has 618 valence electrons. The molecule has 0 radical (unpaired) electrons. The summed E-state index contributed by atoms with van der Waals surface area (Å²) in [5, 5.41) is 24.7. The van der Waals surface area contributed by atoms with Crippen molar-refractivity contribution < 1.29 is 0 Å². The minimum Gasteiger partial charge on any atom is -0.0622 e. The molecule has 0 nitrogen and oxygen atoms in total. The topological polar surface area (TPSA) is 0 Å². The van der Waals surface area contributed by atoms with Crippen LogP contribution in [-0.2, 0) is 0 Å². The Bertz CT molecular complexity index is 8980. The van der Waals surface area contributed by atoms with E-state index < -0.39 is 0 Å². The Morgan fingerprint density at radius 3 is 0.805 bits per heavy atom. The molecule has 0 amide bonds. The van der Waals surface area contributed by atoms with Crippen LogP contribution in [0.25, 0.3) is 241 Å². The van der Waals surface area contributed by atoms with E-state index in [1.165, 1.54) is 234 Å². The van der Waals surface area contributed by atoms with Gasteiger partial charge in [0.15, 0.2) is 0 Å². The van der Waals surface area contributed by atoms with Gasteiger partial charge in [0.2, 0.25) is 0 Å². The maximum Gasteiger partial charge on any atom is 0.0327 e. The number of benzene rings is 25. The third-order valence-corrected chi connectivity index (χ3v) is 28.1. The number of fused-ring (bicyclic) bond motifs is 11. The fourth-order valence-corrected chi connectivity index (χ4v) is 21.9. The van der Waals surface area contributed by atoms with E-state index in [1.54, 1.807) is 0 Å². The summed E-state index contributed by atoms with van der Waals surface area (Å²) in [6.45, 7) is 0. The Morgan fingerprint density at radius 1 is 0.128 bits per heavy atom. The molecular weight excluding hydrogens is 1710 g/mol. The van der Waals surface area contributed by atoms with Gasteiger partial charge >= 0.3 is 0 Å². The summed E-state index contributed by atoms with van der Waals surface area (Å²) < 4.78 is 1.26. The second-order valence-electron chi connectivity index (χ2n) is 34.6. The van der Waals surface area contributed by atoms with Crippen LogP contribution in [0, 0.1) is 15.4 Å². The van der Waals surface area contributed by atoms with Crippen LogP contribution in [-0.4, -0.2) is 0 Å². The lowest BCUT2D eigenvalue weighted by Gasteiger charge is -2.22. The Balaban J connectivity index is 0.000000146. The lowest BCUT2D eigenvalue weighted by molar-refractivity contribution is 1.59. The lowest BCUT2D eigenvalue weighted by Crippen LogP contribution is -1.95. The van der Waals surface area contributed by atoms with Gasteiger partial charge in [0, 0.05) is 20.3 Å². The predicted molar refractivity (Wildman–Crippen MR) is 578 cm³/mol. The zero-order chi connectivity index (χ0) is 88.2. The van der Waals surface area contributed by atoms with Crippen molar-refractivity contribution in [3.8, 4) is 145 Å². The average Bonchev–Trinajstić information content (AvgIpc) is 0.703. The first kappa shape index (κ1) is 79.8. The second-order valence-corrected chi connectivity index (χ2v) is 35.7. The zero-order valence-electron chi connectivity index (χ0n) is 72.8. The molecule has 25 aromatic carbocycles. The van der Waals surface area contributed by atoms with Gasteiger partial charge in [-0.05, 0) is 331 Å². The Labute approximate surface area is 787 Å². The van der Waals surface area contributed by atoms with Crippen molar-refractivity contribution in [2.24, 2.45) is 0 Å². The monoisotopic (exact) mass is 1790 g/mol. The molecule has 1 heteroatoms. The van der Waals surface area contributed by atoms with Gasteiger partial charge in [0.25, 0.3) is 0 Å². The number of rotatable bonds is 12. The van der Waals surface area contributed by atoms with Crippen LogP contribution >= 0.6 is 22.6 Å². The number of hydrogen-bond acceptors (Lipinski definition) is 0. The Morgan fingerprint density at radius 2 is 0.391 bits per heavy atom. The molecule has 0 unspecified atom stereocenters. The molecule has 25 rings (SSSR count). The highest BCUT2D eigenvalue weighted by Crippen LogP contribution is 2.53. The van der Waals surface area contributed by atoms with E-state index in [2.05, 4.69) is 520 Å². The van der Waals surface area contributed by atoms with Gasteiger partial charge in [-0.3, -0.25) is 0 Å². The molecule has 0 heterocycles. The fraction of sp³-hybridized carbons (Fsp3) is 0. The highest BCUT2D eigenvalue weighted by molar-refractivity contribution is 14.1. The molecule has 0 atom stereocenters. The molecule has 0 N–H and O–H groups in total. The highest BCUT2D eigenvalue weighted by atomic mass is 127. The highest BCUT2D eigenvalue weighted by Gasteiger charge is 2.26. The predicted octanol–water partition coefficient (Wildman–Crippen LogP) is 36.9. The summed E-state index contributed by atoms with van der Waals surface area (Å²) in [5.41, 5.74) is 30.9. The standard InChI is InChI=1S/C66H41I.C66H42/c67-66-57-32-12-11-31-55(57)58-40-61-62(41-60(58)65(66)45-21-5-2-6-22-45)64(50-28-14-26-48(38-50)54-34-16-24-44-20-8-10-30-52(44)54)59-39-46(42-17-3-1-4-18-42)35-36-56(59)63(61)49-27-13-25-47(37-49)53-33-15-23-43-19-7-9-29-51(43)53;1-3-17-45(18-4-1)35-36-49-23-7-10-30-56(49)53-38-40-62-64(44-53)66(55-29-14-27-52(42-55)60-34-16-25-48-22-9-12-32-58(48)60)61-39-37-50(46-19-5-2-6-20-46)43-63(61)65(62)54-28-13-26-51(41-54)59-33-15-24-47-21-8-11-31-57(47)59/h1-41H;1-34,37-44H. The first-order valence-electron chi connectivity index (χ1n) is 45.7. The number of halogens is 1. The minimum atomic E-state index is 0.996. The van der Waals surface area contributed by atoms with Crippen LogP contribution in [0.1, 0.15) is 11.1 Å². The van der Waals surface area contributed by atoms with Crippen molar-refractivity contribution in [3.63, 3.8) is 0 Å². The van der Waals surface area contributed by atoms with Crippen molar-refractivity contribution >= 4 is 130 Å². The molecule has 133 heavy (non-hydrogen) atoms. The van der Waals surface area contributed by atoms with Gasteiger partial charge in [0.05, 0.1) is 0 Å². The zero-order valence-corrected chi connectivity index (χ0v) is 75.0. The van der Waals surface area contributed by atoms with Crippen molar-refractivity contribution in [1.29, 1.82) is 0 Å². The molecule has 0 aliphatic rings. The summed E-state index contributed by atoms with van der Waals surface area (Å²) in [6.07, 6.45) is 0. The first-order chi connectivity index (χ1) is 65.9. The van der Waals surface area contributed by atoms with Gasteiger partial charge in [-0.25, -0.2) is 0 Å². The van der Waals surface area contributed by atoms with E-state index in [9.17, 15) is 0 Å². The van der Waals surface area contributed by atoms with Crippen LogP contribution in [0.3, 0.4) is 0 Å². The maximum atomic E-state index is 3.54. The molecule has 0 aromatic heterocycles. The summed E-state index contributed by atoms with van der Waals surface area (Å²) in [7, 11) is 0. The minimum absolute atomic E-state index is 0.996. The largest absolute Gasteiger partial charge is 0.0622 e. The smallest absolute Gasteiger partial charge is 0.0327 e. The van der Waals surface area contributed by atoms with E-state index in [0.29, 0.717) is 0 Å². The SMILES string of the molecule is C(#Cc1ccccc1-c1ccc2c(-c3cccc(-c4cccc5ccccc45)c3)c3cc(-c4ccccc4)ccc3c(-c3cccc(-c4cccc5ccccc45)c3)c2c1)c1ccccc1.Ic1c(-c2ccccc2)c2cc3c(-c4cccc(-c5cccc6ccccc56)c4)c4cc(-c5ccccc5)ccc4c(-c4cccc(-c5cccc6ccccc56)c4)c3cc2c2ccccc12. The van der Waals surface area contributed by atoms with E-state index >= 15 is 0 Å². The van der Waals surface area contributed by atoms with Crippen LogP contribution in [0.5, 0.6) is 0 Å². The Hall–Kier alpha value is -16.6. The van der Waals surface area contributed by atoms with E-state index in [1.807, 2.05) is 18.2 Å². The quantitative estimate of drug-likeness (QED) is 0.0495. The van der Waals surface area contributed by atoms with E-state index in [0.717, 1.165) is 22.3 Å². The molecule has 25 aromatic rings. The average molecular weight is 1800 g/mol. The molecule has 0 spiro atoms. The Kier molecular flexibility index (Phi) is 20.7. The maximum absolute atomic E-state index is 3.54. The van der Waals surface area contributed by atoms with E-state index in [-0.39, 0.29) is 0 Å².